The Morgan fingerprint density at radius 2 is 2.00 bits per heavy atom. The number of nitrogens with one attached hydrogen (secondary N) is 2. The molecule has 0 spiro atoms. The topological polar surface area (TPSA) is 41.1 Å². The van der Waals surface area contributed by atoms with E-state index in [1.54, 1.807) is 5.32 Å². The van der Waals surface area contributed by atoms with E-state index in [2.05, 4.69) is 11.2 Å². The van der Waals surface area contributed by atoms with Crippen LogP contribution in [0.1, 0.15) is 24.4 Å². The molecule has 2 N–H and O–H groups in total. The van der Waals surface area contributed by atoms with E-state index < -0.39 is 18.2 Å². The first kappa shape index (κ1) is 15.5. The molecule has 1 aliphatic carbocycles. The number of amides is 2. The van der Waals surface area contributed by atoms with Gasteiger partial charge in [0.15, 0.2) is 6.04 Å². The minimum Gasteiger partial charge on any atom is -0.322 e. The van der Waals surface area contributed by atoms with Gasteiger partial charge in [-0.3, -0.25) is 0 Å². The van der Waals surface area contributed by atoms with Gasteiger partial charge in [-0.15, -0.1) is 12.3 Å². The monoisotopic (exact) mass is 316 g/mol. The maximum atomic E-state index is 12.6. The van der Waals surface area contributed by atoms with Crippen LogP contribution in [0.25, 0.3) is 0 Å². The van der Waals surface area contributed by atoms with E-state index in [0.29, 0.717) is 5.92 Å². The lowest BCUT2D eigenvalue weighted by Gasteiger charge is -2.28. The van der Waals surface area contributed by atoms with E-state index in [-0.39, 0.29) is 16.3 Å². The van der Waals surface area contributed by atoms with Gasteiger partial charge in [0.05, 0.1) is 0 Å². The van der Waals surface area contributed by atoms with Gasteiger partial charge in [-0.05, 0) is 31.0 Å². The van der Waals surface area contributed by atoms with Crippen LogP contribution in [0.3, 0.4) is 0 Å². The second-order valence-electron chi connectivity index (χ2n) is 4.75. The van der Waals surface area contributed by atoms with Crippen LogP contribution < -0.4 is 10.6 Å². The van der Waals surface area contributed by atoms with Crippen molar-refractivity contribution >= 4 is 23.3 Å². The van der Waals surface area contributed by atoms with Crippen molar-refractivity contribution in [3.05, 3.63) is 28.8 Å². The Morgan fingerprint density at radius 1 is 1.33 bits per heavy atom. The molecule has 1 atom stereocenters. The highest BCUT2D eigenvalue weighted by Crippen LogP contribution is 2.39. The van der Waals surface area contributed by atoms with Crippen LogP contribution in [0.15, 0.2) is 18.2 Å². The zero-order valence-electron chi connectivity index (χ0n) is 10.8. The van der Waals surface area contributed by atoms with Crippen LogP contribution in [0.4, 0.5) is 23.7 Å². The molecule has 0 aromatic heterocycles. The standard InChI is InChI=1S/C9H6ClF3N2O.C5H6/c10-4-1-2-6-5(3-4)7(9(11,12)13)15-8(16)14-6;1-2-5-3-4-5/h1-3,7H,(H2,14,15,16);1,5H,3-4H2/t7-;/m0./s1. The molecule has 112 valence electrons. The lowest BCUT2D eigenvalue weighted by atomic mass is 10.0. The number of terminal acetylenes is 1. The summed E-state index contributed by atoms with van der Waals surface area (Å²) in [6, 6.07) is 1.04. The number of hydrogen-bond acceptors (Lipinski definition) is 1. The molecule has 0 radical (unpaired) electrons. The number of rotatable bonds is 0. The number of fused-ring (bicyclic) bond motifs is 1. The fourth-order valence-corrected chi connectivity index (χ4v) is 1.94. The third-order valence-electron chi connectivity index (χ3n) is 2.99. The van der Waals surface area contributed by atoms with Crippen LogP contribution in [0.5, 0.6) is 0 Å². The Morgan fingerprint density at radius 3 is 2.48 bits per heavy atom. The zero-order valence-corrected chi connectivity index (χ0v) is 11.6. The average Bonchev–Trinajstić information content (AvgIpc) is 3.22. The zero-order chi connectivity index (χ0) is 15.6. The van der Waals surface area contributed by atoms with Gasteiger partial charge >= 0.3 is 12.2 Å². The first-order valence-electron chi connectivity index (χ1n) is 6.21. The van der Waals surface area contributed by atoms with Crippen LogP contribution in [0.2, 0.25) is 5.02 Å². The Kier molecular flexibility index (Phi) is 4.33. The molecule has 1 heterocycles. The third-order valence-corrected chi connectivity index (χ3v) is 3.22. The SMILES string of the molecule is C#CC1CC1.O=C1Nc2ccc(Cl)cc2[C@@H](C(F)(F)F)N1. The van der Waals surface area contributed by atoms with E-state index in [9.17, 15) is 18.0 Å². The van der Waals surface area contributed by atoms with E-state index in [0.717, 1.165) is 0 Å². The largest absolute Gasteiger partial charge is 0.413 e. The number of alkyl halides is 3. The maximum Gasteiger partial charge on any atom is 0.413 e. The van der Waals surface area contributed by atoms with E-state index >= 15 is 0 Å². The molecule has 7 heteroatoms. The Balaban J connectivity index is 0.000000272. The minimum absolute atomic E-state index is 0.0837. The number of hydrogen-bond donors (Lipinski definition) is 2. The van der Waals surface area contributed by atoms with Gasteiger partial charge in [0.1, 0.15) is 0 Å². The first-order chi connectivity index (χ1) is 9.81. The van der Waals surface area contributed by atoms with Gasteiger partial charge in [-0.1, -0.05) is 11.6 Å². The summed E-state index contributed by atoms with van der Waals surface area (Å²) >= 11 is 5.62. The lowest BCUT2D eigenvalue weighted by molar-refractivity contribution is -0.155. The van der Waals surface area contributed by atoms with Crippen molar-refractivity contribution in [2.45, 2.75) is 25.1 Å². The van der Waals surface area contributed by atoms with Crippen molar-refractivity contribution in [1.29, 1.82) is 0 Å². The molecule has 0 saturated heterocycles. The Hall–Kier alpha value is -1.87. The number of anilines is 1. The number of halogens is 4. The molecular formula is C14H12ClF3N2O. The normalized spacial score (nSPS) is 20.1. The number of carbonyl (C=O) groups excluding carboxylic acids is 1. The van der Waals surface area contributed by atoms with Crippen LogP contribution >= 0.6 is 11.6 Å². The molecule has 1 aromatic carbocycles. The summed E-state index contributed by atoms with van der Waals surface area (Å²) in [5.41, 5.74) is 0.0371. The van der Waals surface area contributed by atoms with Gasteiger partial charge < -0.3 is 10.6 Å². The van der Waals surface area contributed by atoms with Crippen molar-refractivity contribution in [3.63, 3.8) is 0 Å². The summed E-state index contributed by atoms with van der Waals surface area (Å²) in [6.07, 6.45) is 2.99. The van der Waals surface area contributed by atoms with E-state index in [1.807, 2.05) is 0 Å². The summed E-state index contributed by atoms with van der Waals surface area (Å²) in [4.78, 5) is 11.0. The van der Waals surface area contributed by atoms with Crippen molar-refractivity contribution < 1.29 is 18.0 Å². The smallest absolute Gasteiger partial charge is 0.322 e. The molecule has 2 amide bonds. The Labute approximate surface area is 124 Å². The summed E-state index contributed by atoms with van der Waals surface area (Å²) in [5, 5.41) is 4.27. The average molecular weight is 317 g/mol. The van der Waals surface area contributed by atoms with Crippen LogP contribution in [0, 0.1) is 18.3 Å². The molecule has 2 aliphatic rings. The highest BCUT2D eigenvalue weighted by atomic mass is 35.5. The summed E-state index contributed by atoms with van der Waals surface area (Å²) in [7, 11) is 0. The maximum absolute atomic E-state index is 12.6. The summed E-state index contributed by atoms with van der Waals surface area (Å²) in [5.74, 6) is 3.30. The first-order valence-corrected chi connectivity index (χ1v) is 6.59. The molecule has 21 heavy (non-hydrogen) atoms. The predicted molar refractivity (Wildman–Crippen MR) is 74.0 cm³/mol. The Bertz CT molecular complexity index is 591. The van der Waals surface area contributed by atoms with E-state index in [1.165, 1.54) is 31.0 Å². The van der Waals surface area contributed by atoms with Crippen molar-refractivity contribution in [1.82, 2.24) is 5.32 Å². The second kappa shape index (κ2) is 5.86. The summed E-state index contributed by atoms with van der Waals surface area (Å²) < 4.78 is 37.9. The molecule has 1 aromatic rings. The summed E-state index contributed by atoms with van der Waals surface area (Å²) in [6.45, 7) is 0. The quantitative estimate of drug-likeness (QED) is 0.695. The molecular weight excluding hydrogens is 305 g/mol. The molecule has 3 rings (SSSR count). The fourth-order valence-electron chi connectivity index (χ4n) is 1.76. The lowest BCUT2D eigenvalue weighted by Crippen LogP contribution is -2.44. The molecule has 0 unspecified atom stereocenters. The number of urea groups is 1. The highest BCUT2D eigenvalue weighted by Gasteiger charge is 2.45. The fraction of sp³-hybridized carbons (Fsp3) is 0.357. The second-order valence-corrected chi connectivity index (χ2v) is 5.18. The van der Waals surface area contributed by atoms with Gasteiger partial charge in [0.2, 0.25) is 0 Å². The van der Waals surface area contributed by atoms with Gasteiger partial charge in [0.25, 0.3) is 0 Å². The van der Waals surface area contributed by atoms with Gasteiger partial charge in [0, 0.05) is 22.2 Å². The molecule has 0 bridgehead atoms. The van der Waals surface area contributed by atoms with Crippen molar-refractivity contribution in [3.8, 4) is 12.3 Å². The highest BCUT2D eigenvalue weighted by molar-refractivity contribution is 6.30. The van der Waals surface area contributed by atoms with Crippen molar-refractivity contribution in [2.75, 3.05) is 5.32 Å². The third kappa shape index (κ3) is 4.05. The van der Waals surface area contributed by atoms with Crippen LogP contribution in [-0.4, -0.2) is 12.2 Å². The molecule has 1 fully saturated rings. The molecule has 1 saturated carbocycles. The van der Waals surface area contributed by atoms with Crippen LogP contribution in [-0.2, 0) is 0 Å². The van der Waals surface area contributed by atoms with Gasteiger partial charge in [-0.2, -0.15) is 13.2 Å². The minimum atomic E-state index is -4.54. The predicted octanol–water partition coefficient (Wildman–Crippen LogP) is 4.11. The molecule has 3 nitrogen and oxygen atoms in total. The van der Waals surface area contributed by atoms with Gasteiger partial charge in [-0.25, -0.2) is 4.79 Å². The number of benzene rings is 1. The van der Waals surface area contributed by atoms with Crippen molar-refractivity contribution in [2.24, 2.45) is 5.92 Å². The van der Waals surface area contributed by atoms with E-state index in [4.69, 9.17) is 18.0 Å². The molecule has 1 aliphatic heterocycles. The number of carbonyl (C=O) groups is 1.